The first-order chi connectivity index (χ1) is 45.9. The van der Waals surface area contributed by atoms with Crippen molar-refractivity contribution >= 4 is 64.6 Å². The third kappa shape index (κ3) is 16.9. The number of carbonyl (C=O) groups is 8. The average Bonchev–Trinajstić information content (AvgIpc) is 1.61. The fourth-order valence-electron chi connectivity index (χ4n) is 13.4. The van der Waals surface area contributed by atoms with Crippen molar-refractivity contribution in [2.45, 2.75) is 154 Å². The minimum absolute atomic E-state index is 0.00110. The van der Waals surface area contributed by atoms with Crippen molar-refractivity contribution in [2.24, 2.45) is 5.92 Å². The van der Waals surface area contributed by atoms with Crippen molar-refractivity contribution < 1.29 is 66.1 Å². The van der Waals surface area contributed by atoms with Crippen LogP contribution in [-0.2, 0) is 67.7 Å². The van der Waals surface area contributed by atoms with Crippen molar-refractivity contribution in [1.29, 1.82) is 0 Å². The molecule has 1 unspecified atom stereocenters. The molecular weight excluding hydrogens is 1240 g/mol. The Morgan fingerprint density at radius 3 is 2.11 bits per heavy atom. The van der Waals surface area contributed by atoms with Crippen molar-refractivity contribution in [3.05, 3.63) is 160 Å². The minimum atomic E-state index is -1.26. The standard InChI is InChI=1S/C74H91F2N9O12/c1-45-38-82(56(40-81-30-33-95-43-46(81)2)41-83(45)71(93)97-73(7,8)9)42-63(87)85-44-74(10,58-26-20-50(35-61(58)85)34-48-16-22-54(75)23-17-48)69(91)77-55-24-18-49(19-25-55)36-62(86)52-21-27-59(76)60(37-52)78-67(89)65-57-15-13-12-14-53(57)39-84(65)68(90)64(51-28-31-94-32-29-51)79-66(88)47(3)80(11)70(92)96-72(4,5)6/h12-27,35,37,45-47,51,56,64-65H,28-34,36,38-44H2,1-11H3,(H,77,91)(H,78,89)(H,79,88)/t45-,46-,47+,56+,64+,65+,74?/m1/s1. The number of fused-ring (bicyclic) bond motifs is 2. The molecule has 5 aliphatic rings. The second-order valence-electron chi connectivity index (χ2n) is 28.7. The lowest BCUT2D eigenvalue weighted by Crippen LogP contribution is -2.64. The van der Waals surface area contributed by atoms with Gasteiger partial charge in [0.25, 0.3) is 5.91 Å². The van der Waals surface area contributed by atoms with Gasteiger partial charge in [-0.15, -0.1) is 0 Å². The van der Waals surface area contributed by atoms with E-state index < -0.39 is 76.3 Å². The summed E-state index contributed by atoms with van der Waals surface area (Å²) in [7, 11) is 1.43. The van der Waals surface area contributed by atoms with Crippen LogP contribution < -0.4 is 20.9 Å². The minimum Gasteiger partial charge on any atom is -0.444 e. The van der Waals surface area contributed by atoms with Gasteiger partial charge >= 0.3 is 12.2 Å². The number of ketones is 1. The number of likely N-dealkylation sites (N-methyl/N-ethyl adjacent to an activating group) is 1. The lowest BCUT2D eigenvalue weighted by atomic mass is 9.83. The zero-order valence-corrected chi connectivity index (χ0v) is 57.4. The predicted octanol–water partition coefficient (Wildman–Crippen LogP) is 9.44. The molecule has 0 spiro atoms. The van der Waals surface area contributed by atoms with E-state index in [9.17, 15) is 38.0 Å². The third-order valence-electron chi connectivity index (χ3n) is 19.0. The number of anilines is 3. The maximum atomic E-state index is 15.9. The molecule has 23 heteroatoms. The Hall–Kier alpha value is -8.64. The molecule has 5 aliphatic heterocycles. The van der Waals surface area contributed by atoms with Crippen molar-refractivity contribution in [1.82, 2.24) is 29.8 Å². The van der Waals surface area contributed by atoms with Gasteiger partial charge in [-0.1, -0.05) is 60.7 Å². The molecule has 5 heterocycles. The quantitative estimate of drug-likeness (QED) is 0.0695. The predicted molar refractivity (Wildman–Crippen MR) is 362 cm³/mol. The number of Topliss-reactive ketones (excluding diaryl/α,β-unsaturated/α-hetero) is 1. The van der Waals surface area contributed by atoms with Gasteiger partial charge in [0, 0.05) is 101 Å². The van der Waals surface area contributed by atoms with Crippen molar-refractivity contribution in [3.8, 4) is 0 Å². The van der Waals surface area contributed by atoms with Crippen LogP contribution in [0.4, 0.5) is 35.4 Å². The van der Waals surface area contributed by atoms with E-state index in [0.29, 0.717) is 105 Å². The number of halogens is 2. The van der Waals surface area contributed by atoms with Crippen LogP contribution >= 0.6 is 0 Å². The molecule has 5 aromatic rings. The zero-order chi connectivity index (χ0) is 69.8. The van der Waals surface area contributed by atoms with Crippen molar-refractivity contribution in [3.63, 3.8) is 0 Å². The monoisotopic (exact) mass is 1340 g/mol. The molecule has 21 nitrogen and oxygen atoms in total. The summed E-state index contributed by atoms with van der Waals surface area (Å²) in [6.45, 7) is 21.8. The van der Waals surface area contributed by atoms with Gasteiger partial charge in [-0.2, -0.15) is 0 Å². The molecule has 0 aromatic heterocycles. The summed E-state index contributed by atoms with van der Waals surface area (Å²) < 4.78 is 52.6. The van der Waals surface area contributed by atoms with Gasteiger partial charge in [-0.05, 0) is 176 Å². The number of piperazine rings is 1. The number of amides is 7. The lowest BCUT2D eigenvalue weighted by molar-refractivity contribution is -0.144. The largest absolute Gasteiger partial charge is 0.444 e. The molecule has 97 heavy (non-hydrogen) atoms. The molecule has 3 fully saturated rings. The third-order valence-corrected chi connectivity index (χ3v) is 19.0. The molecule has 3 saturated heterocycles. The zero-order valence-electron chi connectivity index (χ0n) is 57.4. The van der Waals surface area contributed by atoms with Crippen molar-refractivity contribution in [2.75, 3.05) is 88.3 Å². The van der Waals surface area contributed by atoms with E-state index in [1.165, 1.54) is 43.1 Å². The molecule has 518 valence electrons. The lowest BCUT2D eigenvalue weighted by Gasteiger charge is -2.47. The van der Waals surface area contributed by atoms with E-state index in [1.807, 2.05) is 45.9 Å². The Morgan fingerprint density at radius 2 is 1.42 bits per heavy atom. The van der Waals surface area contributed by atoms with Crippen LogP contribution in [0, 0.1) is 17.6 Å². The number of carbonyl (C=O) groups excluding carboxylic acids is 8. The Labute approximate surface area is 566 Å². The fraction of sp³-hybridized carbons (Fsp3) is 0.486. The average molecular weight is 1340 g/mol. The highest BCUT2D eigenvalue weighted by atomic mass is 19.1. The molecule has 0 bridgehead atoms. The van der Waals surface area contributed by atoms with Gasteiger partial charge in [0.15, 0.2) is 5.78 Å². The highest BCUT2D eigenvalue weighted by molar-refractivity contribution is 6.07. The van der Waals surface area contributed by atoms with E-state index in [1.54, 1.807) is 98.2 Å². The number of hydrogen-bond donors (Lipinski definition) is 3. The smallest absolute Gasteiger partial charge is 0.410 e. The molecule has 7 amide bonds. The molecule has 0 aliphatic carbocycles. The van der Waals surface area contributed by atoms with Crippen LogP contribution in [0.3, 0.4) is 0 Å². The Kier molecular flexibility index (Phi) is 21.7. The van der Waals surface area contributed by atoms with Crippen LogP contribution in [0.1, 0.15) is 132 Å². The molecule has 0 saturated carbocycles. The first-order valence-electron chi connectivity index (χ1n) is 33.4. The van der Waals surface area contributed by atoms with Crippen LogP contribution in [0.5, 0.6) is 0 Å². The number of benzene rings is 5. The Bertz CT molecular complexity index is 3760. The summed E-state index contributed by atoms with van der Waals surface area (Å²) >= 11 is 0. The summed E-state index contributed by atoms with van der Waals surface area (Å²) in [6, 6.07) is 25.5. The van der Waals surface area contributed by atoms with E-state index in [0.717, 1.165) is 22.1 Å². The summed E-state index contributed by atoms with van der Waals surface area (Å²) in [5.41, 5.74) is 2.11. The number of ether oxygens (including phenoxy) is 4. The van der Waals surface area contributed by atoms with E-state index in [4.69, 9.17) is 18.9 Å². The molecule has 7 atom stereocenters. The Balaban J connectivity index is 0.829. The van der Waals surface area contributed by atoms with Gasteiger partial charge in [0.05, 0.1) is 30.9 Å². The maximum absolute atomic E-state index is 15.9. The van der Waals surface area contributed by atoms with Gasteiger partial charge < -0.3 is 49.6 Å². The number of hydrogen-bond acceptors (Lipinski definition) is 14. The number of nitrogens with one attached hydrogen (secondary N) is 3. The van der Waals surface area contributed by atoms with Crippen LogP contribution in [0.15, 0.2) is 109 Å². The summed E-state index contributed by atoms with van der Waals surface area (Å²) in [5, 5.41) is 8.64. The number of rotatable bonds is 18. The first-order valence-corrected chi connectivity index (χ1v) is 33.4. The number of morpholine rings is 1. The second kappa shape index (κ2) is 29.6. The first kappa shape index (κ1) is 71.1. The van der Waals surface area contributed by atoms with Crippen LogP contribution in [-0.4, -0.2) is 186 Å². The fourth-order valence-corrected chi connectivity index (χ4v) is 13.4. The molecule has 0 radical (unpaired) electrons. The maximum Gasteiger partial charge on any atom is 0.410 e. The number of nitrogens with zero attached hydrogens (tertiary/aromatic N) is 6. The summed E-state index contributed by atoms with van der Waals surface area (Å²) in [5.74, 6) is -4.49. The normalized spacial score (nSPS) is 21.4. The molecule has 10 rings (SSSR count). The second-order valence-corrected chi connectivity index (χ2v) is 28.7. The van der Waals surface area contributed by atoms with Crippen LogP contribution in [0.25, 0.3) is 0 Å². The van der Waals surface area contributed by atoms with Gasteiger partial charge in [-0.25, -0.2) is 18.4 Å². The van der Waals surface area contributed by atoms with Crippen LogP contribution in [0.2, 0.25) is 0 Å². The van der Waals surface area contributed by atoms with Gasteiger partial charge in [0.1, 0.15) is 41.0 Å². The SMILES string of the molecule is C[C@@H]1COCCN1C[C@H]1CN(C(=O)OC(C)(C)C)[C@H](C)CN1CC(=O)N1CC(C)(C(=O)Nc2ccc(CC(=O)c3ccc(F)c(NC(=O)[C@@H]4c5ccccc5CN4C(=O)[C@@H](NC(=O)[C@H](C)N(C)C(=O)OC(C)(C)C)C4CCOCC4)c3)cc2)c2ccc(Cc3ccc(F)cc3)cc21. The highest BCUT2D eigenvalue weighted by Crippen LogP contribution is 2.43. The molecular formula is C74H91F2N9O12. The Morgan fingerprint density at radius 1 is 0.742 bits per heavy atom. The van der Waals surface area contributed by atoms with Gasteiger partial charge in [-0.3, -0.25) is 43.5 Å². The van der Waals surface area contributed by atoms with Gasteiger partial charge in [0.2, 0.25) is 23.6 Å². The summed E-state index contributed by atoms with van der Waals surface area (Å²) in [6.07, 6.45) is 0.0213. The van der Waals surface area contributed by atoms with E-state index in [-0.39, 0.29) is 79.0 Å². The molecule has 5 aromatic carbocycles. The van der Waals surface area contributed by atoms with E-state index in [2.05, 4.69) is 32.7 Å². The van der Waals surface area contributed by atoms with E-state index >= 15 is 9.18 Å². The summed E-state index contributed by atoms with van der Waals surface area (Å²) in [4.78, 5) is 125. The topological polar surface area (TPSA) is 229 Å². The molecule has 3 N–H and O–H groups in total. The highest BCUT2D eigenvalue weighted by Gasteiger charge is 2.49.